The molecular formula is C21H19BrClN3O3. The van der Waals surface area contributed by atoms with Crippen molar-refractivity contribution in [3.05, 3.63) is 57.5 Å². The third kappa shape index (κ3) is 3.42. The zero-order valence-electron chi connectivity index (χ0n) is 15.7. The number of para-hydroxylation sites is 1. The maximum atomic E-state index is 13.2. The lowest BCUT2D eigenvalue weighted by Gasteiger charge is -2.48. The van der Waals surface area contributed by atoms with Gasteiger partial charge in [0.25, 0.3) is 5.91 Å². The minimum atomic E-state index is -0.766. The van der Waals surface area contributed by atoms with Crippen LogP contribution in [-0.2, 0) is 9.59 Å². The molecule has 6 nitrogen and oxygen atoms in total. The van der Waals surface area contributed by atoms with Crippen LogP contribution in [0.1, 0.15) is 36.5 Å². The molecule has 2 aromatic rings. The summed E-state index contributed by atoms with van der Waals surface area (Å²) in [5, 5.41) is 3.21. The Morgan fingerprint density at radius 3 is 2.76 bits per heavy atom. The summed E-state index contributed by atoms with van der Waals surface area (Å²) in [6.45, 7) is 2.09. The zero-order valence-corrected chi connectivity index (χ0v) is 18.1. The Hall–Kier alpha value is -2.38. The molecule has 2 aromatic carbocycles. The monoisotopic (exact) mass is 475 g/mol. The average Bonchev–Trinajstić information content (AvgIpc) is 2.99. The van der Waals surface area contributed by atoms with Gasteiger partial charge in [0, 0.05) is 23.9 Å². The largest absolute Gasteiger partial charge is 0.325 e. The number of nitrogens with one attached hydrogen (secondary N) is 1. The summed E-state index contributed by atoms with van der Waals surface area (Å²) in [7, 11) is 0. The summed E-state index contributed by atoms with van der Waals surface area (Å²) in [5.41, 5.74) is 0.874. The first-order chi connectivity index (χ1) is 13.8. The number of carbonyl (C=O) groups excluding carboxylic acids is 3. The van der Waals surface area contributed by atoms with Crippen LogP contribution < -0.4 is 10.2 Å². The van der Waals surface area contributed by atoms with Crippen LogP contribution in [0.2, 0.25) is 5.02 Å². The molecule has 2 heterocycles. The standard InChI is InChI=1S/C21H19BrClN3O3/c1-21-10-8-19(28)26(21)17-5-3-2-4-14(17)20(29)25(21)11-9-18(27)24-16-7-6-13(22)12-15(16)23/h2-7,12H,8-11H2,1H3,(H,24,27). The lowest BCUT2D eigenvalue weighted by molar-refractivity contribution is -0.117. The number of benzene rings is 2. The number of amides is 3. The summed E-state index contributed by atoms with van der Waals surface area (Å²) >= 11 is 9.49. The first kappa shape index (κ1) is 19.9. The van der Waals surface area contributed by atoms with E-state index < -0.39 is 5.66 Å². The Balaban J connectivity index is 1.54. The molecule has 0 spiro atoms. The Morgan fingerprint density at radius 1 is 1.24 bits per heavy atom. The van der Waals surface area contributed by atoms with Gasteiger partial charge in [0.05, 0.1) is 22.0 Å². The van der Waals surface area contributed by atoms with Crippen molar-refractivity contribution in [1.82, 2.24) is 4.90 Å². The van der Waals surface area contributed by atoms with E-state index >= 15 is 0 Å². The minimum Gasteiger partial charge on any atom is -0.325 e. The number of nitrogens with zero attached hydrogens (tertiary/aromatic N) is 2. The van der Waals surface area contributed by atoms with Gasteiger partial charge in [-0.25, -0.2) is 0 Å². The van der Waals surface area contributed by atoms with Gasteiger partial charge in [-0.2, -0.15) is 0 Å². The van der Waals surface area contributed by atoms with E-state index in [-0.39, 0.29) is 30.7 Å². The summed E-state index contributed by atoms with van der Waals surface area (Å²) in [6, 6.07) is 12.3. The van der Waals surface area contributed by atoms with Crippen molar-refractivity contribution in [2.45, 2.75) is 31.8 Å². The smallest absolute Gasteiger partial charge is 0.257 e. The van der Waals surface area contributed by atoms with Gasteiger partial charge >= 0.3 is 0 Å². The van der Waals surface area contributed by atoms with Crippen LogP contribution >= 0.6 is 27.5 Å². The van der Waals surface area contributed by atoms with E-state index in [9.17, 15) is 14.4 Å². The lowest BCUT2D eigenvalue weighted by atomic mass is 9.98. The second-order valence-corrected chi connectivity index (χ2v) is 8.67. The van der Waals surface area contributed by atoms with Crippen molar-refractivity contribution in [3.63, 3.8) is 0 Å². The van der Waals surface area contributed by atoms with Crippen LogP contribution in [0.5, 0.6) is 0 Å². The number of halogens is 2. The van der Waals surface area contributed by atoms with Gasteiger partial charge in [0.2, 0.25) is 11.8 Å². The van der Waals surface area contributed by atoms with Crippen molar-refractivity contribution < 1.29 is 14.4 Å². The van der Waals surface area contributed by atoms with Crippen LogP contribution in [0.3, 0.4) is 0 Å². The first-order valence-electron chi connectivity index (χ1n) is 9.30. The van der Waals surface area contributed by atoms with Gasteiger partial charge in [0.1, 0.15) is 5.66 Å². The molecular weight excluding hydrogens is 458 g/mol. The number of hydrogen-bond acceptors (Lipinski definition) is 3. The Labute approximate surface area is 181 Å². The second kappa shape index (κ2) is 7.46. The van der Waals surface area contributed by atoms with Crippen molar-refractivity contribution >= 4 is 56.6 Å². The molecule has 2 aliphatic rings. The van der Waals surface area contributed by atoms with Gasteiger partial charge < -0.3 is 10.2 Å². The molecule has 0 saturated carbocycles. The Morgan fingerprint density at radius 2 is 2.00 bits per heavy atom. The van der Waals surface area contributed by atoms with Crippen molar-refractivity contribution in [2.75, 3.05) is 16.8 Å². The normalized spacial score (nSPS) is 20.5. The van der Waals surface area contributed by atoms with E-state index in [1.807, 2.05) is 13.0 Å². The molecule has 1 N–H and O–H groups in total. The highest BCUT2D eigenvalue weighted by atomic mass is 79.9. The van der Waals surface area contributed by atoms with Gasteiger partial charge in [0.15, 0.2) is 0 Å². The lowest BCUT2D eigenvalue weighted by Crippen LogP contribution is -2.62. The Bertz CT molecular complexity index is 1030. The molecule has 8 heteroatoms. The average molecular weight is 477 g/mol. The van der Waals surface area contributed by atoms with Crippen molar-refractivity contribution in [2.24, 2.45) is 0 Å². The van der Waals surface area contributed by atoms with Crippen LogP contribution in [0.15, 0.2) is 46.9 Å². The number of rotatable bonds is 4. The molecule has 3 amide bonds. The molecule has 150 valence electrons. The molecule has 0 radical (unpaired) electrons. The highest BCUT2D eigenvalue weighted by molar-refractivity contribution is 9.10. The fourth-order valence-corrected chi connectivity index (χ4v) is 4.78. The fourth-order valence-electron chi connectivity index (χ4n) is 4.06. The van der Waals surface area contributed by atoms with Crippen LogP contribution in [-0.4, -0.2) is 34.8 Å². The van der Waals surface area contributed by atoms with Gasteiger partial charge in [-0.05, 0) is 43.7 Å². The molecule has 1 unspecified atom stereocenters. The van der Waals surface area contributed by atoms with E-state index in [4.69, 9.17) is 11.6 Å². The van der Waals surface area contributed by atoms with E-state index in [1.165, 1.54) is 0 Å². The van der Waals surface area contributed by atoms with Crippen LogP contribution in [0.25, 0.3) is 0 Å². The number of carbonyl (C=O) groups is 3. The number of fused-ring (bicyclic) bond motifs is 3. The molecule has 0 bridgehead atoms. The van der Waals surface area contributed by atoms with Gasteiger partial charge in [-0.15, -0.1) is 0 Å². The van der Waals surface area contributed by atoms with Gasteiger partial charge in [-0.3, -0.25) is 19.3 Å². The summed E-state index contributed by atoms with van der Waals surface area (Å²) in [6.07, 6.45) is 0.999. The number of hydrogen-bond donors (Lipinski definition) is 1. The van der Waals surface area contributed by atoms with Gasteiger partial charge in [-0.1, -0.05) is 39.7 Å². The SMILES string of the molecule is CC12CCC(=O)N1c1ccccc1C(=O)N2CCC(=O)Nc1ccc(Br)cc1Cl. The highest BCUT2D eigenvalue weighted by Gasteiger charge is 2.52. The second-order valence-electron chi connectivity index (χ2n) is 7.34. The van der Waals surface area contributed by atoms with E-state index in [1.54, 1.807) is 46.2 Å². The molecule has 1 atom stereocenters. The molecule has 0 aliphatic carbocycles. The maximum absolute atomic E-state index is 13.2. The minimum absolute atomic E-state index is 0.0106. The molecule has 1 fully saturated rings. The third-order valence-corrected chi connectivity index (χ3v) is 6.32. The summed E-state index contributed by atoms with van der Waals surface area (Å²) in [5.74, 6) is -0.424. The fraction of sp³-hybridized carbons (Fsp3) is 0.286. The van der Waals surface area contributed by atoms with Crippen molar-refractivity contribution in [1.29, 1.82) is 0 Å². The topological polar surface area (TPSA) is 69.7 Å². The predicted octanol–water partition coefficient (Wildman–Crippen LogP) is 4.43. The molecule has 29 heavy (non-hydrogen) atoms. The summed E-state index contributed by atoms with van der Waals surface area (Å²) in [4.78, 5) is 41.6. The van der Waals surface area contributed by atoms with Crippen LogP contribution in [0.4, 0.5) is 11.4 Å². The predicted molar refractivity (Wildman–Crippen MR) is 115 cm³/mol. The molecule has 4 rings (SSSR count). The van der Waals surface area contributed by atoms with E-state index in [0.29, 0.717) is 34.8 Å². The van der Waals surface area contributed by atoms with Crippen LogP contribution in [0, 0.1) is 0 Å². The highest BCUT2D eigenvalue weighted by Crippen LogP contribution is 2.44. The Kier molecular flexibility index (Phi) is 5.12. The maximum Gasteiger partial charge on any atom is 0.257 e. The third-order valence-electron chi connectivity index (χ3n) is 5.51. The first-order valence-corrected chi connectivity index (χ1v) is 10.5. The molecule has 2 aliphatic heterocycles. The van der Waals surface area contributed by atoms with E-state index in [2.05, 4.69) is 21.2 Å². The zero-order chi connectivity index (χ0) is 20.8. The van der Waals surface area contributed by atoms with Crippen molar-refractivity contribution in [3.8, 4) is 0 Å². The van der Waals surface area contributed by atoms with E-state index in [0.717, 1.165) is 4.47 Å². The number of anilines is 2. The quantitative estimate of drug-likeness (QED) is 0.710. The molecule has 0 aromatic heterocycles. The molecule has 1 saturated heterocycles. The summed E-state index contributed by atoms with van der Waals surface area (Å²) < 4.78 is 0.817.